The minimum Gasteiger partial charge on any atom is -0.350 e. The first-order chi connectivity index (χ1) is 18.0. The van der Waals surface area contributed by atoms with Crippen LogP contribution in [0, 0.1) is 13.8 Å². The lowest BCUT2D eigenvalue weighted by atomic mass is 10.0. The molecule has 1 atom stereocenters. The molecular weight excluding hydrogens is 480 g/mol. The predicted molar refractivity (Wildman–Crippen MR) is 148 cm³/mol. The van der Waals surface area contributed by atoms with Crippen LogP contribution in [0.4, 0.5) is 5.69 Å². The fourth-order valence-electron chi connectivity index (χ4n) is 4.65. The number of nitrogens with one attached hydrogen (secondary N) is 1. The van der Waals surface area contributed by atoms with Crippen molar-refractivity contribution in [2.45, 2.75) is 44.8 Å². The summed E-state index contributed by atoms with van der Waals surface area (Å²) >= 11 is 1.43. The molecular formula is C30H30N4O2S. The molecule has 1 aromatic heterocycles. The standard InChI is InChI=1S/C30H30N4O2S/c1-4-22-9-8-12-25(17-22)33-26(35)19-37-30-27(21(3)32-34(30)24-10-6-5-7-11-24)28(33)29(36)31-18-23-15-13-20(2)14-16-23/h5-17,28H,4,18-19H2,1-3H3,(H,31,36)/t28-/m1/s1. The van der Waals surface area contributed by atoms with Gasteiger partial charge in [0.25, 0.3) is 0 Å². The molecule has 188 valence electrons. The van der Waals surface area contributed by atoms with Gasteiger partial charge in [0.15, 0.2) is 0 Å². The highest BCUT2D eigenvalue weighted by atomic mass is 32.2. The van der Waals surface area contributed by atoms with Gasteiger partial charge in [-0.05, 0) is 55.7 Å². The average molecular weight is 511 g/mol. The summed E-state index contributed by atoms with van der Waals surface area (Å²) in [5, 5.41) is 8.75. The van der Waals surface area contributed by atoms with E-state index < -0.39 is 6.04 Å². The number of carbonyl (C=O) groups excluding carboxylic acids is 2. The first kappa shape index (κ1) is 24.8. The molecule has 1 aliphatic rings. The third kappa shape index (κ3) is 5.04. The molecule has 0 saturated heterocycles. The second-order valence-corrected chi connectivity index (χ2v) is 10.2. The Bertz CT molecular complexity index is 1430. The summed E-state index contributed by atoms with van der Waals surface area (Å²) in [5.74, 6) is -0.123. The first-order valence-corrected chi connectivity index (χ1v) is 13.5. The molecule has 0 fully saturated rings. The van der Waals surface area contributed by atoms with E-state index in [4.69, 9.17) is 5.10 Å². The Morgan fingerprint density at radius 1 is 0.973 bits per heavy atom. The third-order valence-corrected chi connectivity index (χ3v) is 7.69. The molecule has 0 saturated carbocycles. The Hall–Kier alpha value is -3.84. The van der Waals surface area contributed by atoms with Gasteiger partial charge in [-0.2, -0.15) is 5.10 Å². The van der Waals surface area contributed by atoms with Crippen molar-refractivity contribution in [3.05, 3.63) is 107 Å². The number of hydrogen-bond acceptors (Lipinski definition) is 4. The summed E-state index contributed by atoms with van der Waals surface area (Å²) in [6.45, 7) is 6.40. The van der Waals surface area contributed by atoms with E-state index in [1.807, 2.05) is 97.4 Å². The molecule has 5 rings (SSSR count). The molecule has 0 unspecified atom stereocenters. The van der Waals surface area contributed by atoms with Gasteiger partial charge >= 0.3 is 0 Å². The number of anilines is 1. The van der Waals surface area contributed by atoms with Crippen molar-refractivity contribution in [3.8, 4) is 5.69 Å². The minimum atomic E-state index is -0.840. The lowest BCUT2D eigenvalue weighted by Crippen LogP contribution is -2.44. The average Bonchev–Trinajstić information content (AvgIpc) is 3.16. The number of para-hydroxylation sites is 1. The second-order valence-electron chi connectivity index (χ2n) is 9.23. The summed E-state index contributed by atoms with van der Waals surface area (Å²) in [4.78, 5) is 29.3. The zero-order valence-corrected chi connectivity index (χ0v) is 22.1. The van der Waals surface area contributed by atoms with E-state index in [-0.39, 0.29) is 17.6 Å². The summed E-state index contributed by atoms with van der Waals surface area (Å²) in [6, 6.07) is 25.0. The predicted octanol–water partition coefficient (Wildman–Crippen LogP) is 5.55. The van der Waals surface area contributed by atoms with Crippen LogP contribution < -0.4 is 10.2 Å². The number of aromatic nitrogens is 2. The maximum atomic E-state index is 14.0. The van der Waals surface area contributed by atoms with E-state index in [9.17, 15) is 9.59 Å². The van der Waals surface area contributed by atoms with Crippen molar-refractivity contribution >= 4 is 29.3 Å². The molecule has 0 aliphatic carbocycles. The van der Waals surface area contributed by atoms with Crippen LogP contribution in [0.25, 0.3) is 5.69 Å². The lowest BCUT2D eigenvalue weighted by Gasteiger charge is -2.30. The van der Waals surface area contributed by atoms with E-state index in [0.29, 0.717) is 6.54 Å². The van der Waals surface area contributed by atoms with E-state index in [0.717, 1.165) is 50.8 Å². The van der Waals surface area contributed by atoms with Crippen LogP contribution in [0.5, 0.6) is 0 Å². The molecule has 6 nitrogen and oxygen atoms in total. The second kappa shape index (κ2) is 10.6. The minimum absolute atomic E-state index is 0.107. The topological polar surface area (TPSA) is 67.2 Å². The van der Waals surface area contributed by atoms with Crippen molar-refractivity contribution in [2.24, 2.45) is 0 Å². The Morgan fingerprint density at radius 3 is 2.43 bits per heavy atom. The molecule has 37 heavy (non-hydrogen) atoms. The van der Waals surface area contributed by atoms with Crippen LogP contribution in [0.2, 0.25) is 0 Å². The van der Waals surface area contributed by atoms with Gasteiger partial charge in [0.1, 0.15) is 11.1 Å². The van der Waals surface area contributed by atoms with Crippen molar-refractivity contribution < 1.29 is 9.59 Å². The smallest absolute Gasteiger partial charge is 0.248 e. The fourth-order valence-corrected chi connectivity index (χ4v) is 5.73. The molecule has 3 aromatic carbocycles. The molecule has 0 radical (unpaired) electrons. The van der Waals surface area contributed by atoms with Gasteiger partial charge in [-0.25, -0.2) is 4.68 Å². The number of hydrogen-bond donors (Lipinski definition) is 1. The maximum Gasteiger partial charge on any atom is 0.248 e. The number of fused-ring (bicyclic) bond motifs is 1. The molecule has 4 aromatic rings. The summed E-state index contributed by atoms with van der Waals surface area (Å²) in [7, 11) is 0. The maximum absolute atomic E-state index is 14.0. The summed E-state index contributed by atoms with van der Waals surface area (Å²) < 4.78 is 1.86. The van der Waals surface area contributed by atoms with Crippen molar-refractivity contribution in [1.82, 2.24) is 15.1 Å². The Labute approximate surface area is 221 Å². The van der Waals surface area contributed by atoms with E-state index >= 15 is 0 Å². The SMILES string of the molecule is CCc1cccc(N2C(=O)CSc3c(c(C)nn3-c3ccccc3)[C@@H]2C(=O)NCc2ccc(C)cc2)c1. The largest absolute Gasteiger partial charge is 0.350 e. The highest BCUT2D eigenvalue weighted by molar-refractivity contribution is 8.00. The molecule has 0 bridgehead atoms. The van der Waals surface area contributed by atoms with Crippen LogP contribution in [0.3, 0.4) is 0 Å². The number of aryl methyl sites for hydroxylation is 3. The summed E-state index contributed by atoms with van der Waals surface area (Å²) in [5.41, 5.74) is 6.39. The van der Waals surface area contributed by atoms with Gasteiger partial charge in [-0.1, -0.05) is 78.8 Å². The van der Waals surface area contributed by atoms with Gasteiger partial charge in [-0.3, -0.25) is 14.5 Å². The molecule has 1 N–H and O–H groups in total. The number of nitrogens with zero attached hydrogens (tertiary/aromatic N) is 3. The third-order valence-electron chi connectivity index (χ3n) is 6.63. The van der Waals surface area contributed by atoms with Gasteiger partial charge in [0.05, 0.1) is 17.1 Å². The molecule has 2 amide bonds. The Kier molecular flexibility index (Phi) is 7.15. The van der Waals surface area contributed by atoms with Gasteiger partial charge in [0, 0.05) is 17.8 Å². The Morgan fingerprint density at radius 2 is 1.70 bits per heavy atom. The fraction of sp³-hybridized carbons (Fsp3) is 0.233. The van der Waals surface area contributed by atoms with E-state index in [1.165, 1.54) is 11.8 Å². The normalized spacial score (nSPS) is 15.3. The van der Waals surface area contributed by atoms with Gasteiger partial charge < -0.3 is 5.32 Å². The van der Waals surface area contributed by atoms with E-state index in [1.54, 1.807) is 4.90 Å². The van der Waals surface area contributed by atoms with Gasteiger partial charge in [-0.15, -0.1) is 0 Å². The van der Waals surface area contributed by atoms with Crippen molar-refractivity contribution in [2.75, 3.05) is 10.7 Å². The number of rotatable bonds is 6. The lowest BCUT2D eigenvalue weighted by molar-refractivity contribution is -0.126. The number of amides is 2. The van der Waals surface area contributed by atoms with Crippen LogP contribution >= 0.6 is 11.8 Å². The highest BCUT2D eigenvalue weighted by Gasteiger charge is 2.40. The van der Waals surface area contributed by atoms with Crippen molar-refractivity contribution in [3.63, 3.8) is 0 Å². The van der Waals surface area contributed by atoms with Crippen LogP contribution in [0.15, 0.2) is 83.9 Å². The van der Waals surface area contributed by atoms with Crippen LogP contribution in [-0.4, -0.2) is 27.3 Å². The first-order valence-electron chi connectivity index (χ1n) is 12.5. The number of benzene rings is 3. The number of thioether (sulfide) groups is 1. The Balaban J connectivity index is 1.61. The zero-order chi connectivity index (χ0) is 25.9. The van der Waals surface area contributed by atoms with Crippen molar-refractivity contribution in [1.29, 1.82) is 0 Å². The van der Waals surface area contributed by atoms with Gasteiger partial charge in [0.2, 0.25) is 11.8 Å². The quantitative estimate of drug-likeness (QED) is 0.369. The molecule has 7 heteroatoms. The number of carbonyl (C=O) groups is 2. The van der Waals surface area contributed by atoms with Crippen LogP contribution in [0.1, 0.15) is 40.9 Å². The summed E-state index contributed by atoms with van der Waals surface area (Å²) in [6.07, 6.45) is 0.838. The molecule has 0 spiro atoms. The monoisotopic (exact) mass is 510 g/mol. The highest BCUT2D eigenvalue weighted by Crippen LogP contribution is 2.41. The van der Waals surface area contributed by atoms with E-state index in [2.05, 4.69) is 12.2 Å². The molecule has 1 aliphatic heterocycles. The zero-order valence-electron chi connectivity index (χ0n) is 21.3. The van der Waals surface area contributed by atoms with Crippen LogP contribution in [-0.2, 0) is 22.6 Å². The molecule has 2 heterocycles.